The minimum atomic E-state index is 0.595. The van der Waals surface area contributed by atoms with Crippen LogP contribution in [0.4, 0.5) is 11.6 Å². The quantitative estimate of drug-likeness (QED) is 0.607. The van der Waals surface area contributed by atoms with Crippen molar-refractivity contribution in [3.8, 4) is 5.69 Å². The fourth-order valence-electron chi connectivity index (χ4n) is 2.54. The number of hydrogen-bond donors (Lipinski definition) is 1. The topological polar surface area (TPSA) is 42.7 Å². The van der Waals surface area contributed by atoms with Gasteiger partial charge in [0, 0.05) is 29.2 Å². The molecule has 0 radical (unpaired) electrons. The van der Waals surface area contributed by atoms with Crippen molar-refractivity contribution in [2.45, 2.75) is 6.92 Å². The molecule has 2 heterocycles. The molecule has 4 heteroatoms. The highest BCUT2D eigenvalue weighted by Crippen LogP contribution is 2.21. The van der Waals surface area contributed by atoms with Crippen LogP contribution in [0.1, 0.15) is 5.56 Å². The molecule has 0 saturated heterocycles. The van der Waals surface area contributed by atoms with E-state index in [0.29, 0.717) is 5.95 Å². The Hall–Kier alpha value is -3.14. The lowest BCUT2D eigenvalue weighted by molar-refractivity contribution is 1.08. The van der Waals surface area contributed by atoms with Gasteiger partial charge in [-0.25, -0.2) is 4.98 Å². The third-order valence-electron chi connectivity index (χ3n) is 3.77. The second-order valence-electron chi connectivity index (χ2n) is 5.48. The number of hydrogen-bond acceptors (Lipinski definition) is 3. The lowest BCUT2D eigenvalue weighted by Crippen LogP contribution is -1.99. The molecule has 0 atom stereocenters. The molecule has 0 aliphatic carbocycles. The fraction of sp³-hybridized carbons (Fsp3) is 0.0526. The van der Waals surface area contributed by atoms with E-state index in [1.165, 1.54) is 5.56 Å². The van der Waals surface area contributed by atoms with E-state index in [2.05, 4.69) is 51.0 Å². The van der Waals surface area contributed by atoms with Crippen molar-refractivity contribution in [2.24, 2.45) is 0 Å². The summed E-state index contributed by atoms with van der Waals surface area (Å²) in [6.07, 6.45) is 3.86. The summed E-state index contributed by atoms with van der Waals surface area (Å²) in [6.45, 7) is 2.07. The molecule has 2 aromatic heterocycles. The first-order chi connectivity index (χ1) is 11.3. The molecule has 1 N–H and O–H groups in total. The fourth-order valence-corrected chi connectivity index (χ4v) is 2.54. The van der Waals surface area contributed by atoms with Crippen molar-refractivity contribution < 1.29 is 0 Å². The van der Waals surface area contributed by atoms with Gasteiger partial charge >= 0.3 is 0 Å². The van der Waals surface area contributed by atoms with Gasteiger partial charge in [-0.15, -0.1) is 0 Å². The van der Waals surface area contributed by atoms with Crippen LogP contribution >= 0.6 is 0 Å². The molecule has 4 nitrogen and oxygen atoms in total. The van der Waals surface area contributed by atoms with Crippen LogP contribution in [0.5, 0.6) is 0 Å². The third-order valence-corrected chi connectivity index (χ3v) is 3.77. The number of fused-ring (bicyclic) bond motifs is 1. The first kappa shape index (κ1) is 13.5. The van der Waals surface area contributed by atoms with E-state index in [4.69, 9.17) is 0 Å². The molecule has 0 spiro atoms. The molecule has 0 aliphatic rings. The number of anilines is 2. The Bertz CT molecular complexity index is 940. The Morgan fingerprint density at radius 1 is 0.913 bits per heavy atom. The number of nitrogens with one attached hydrogen (secondary N) is 1. The predicted octanol–water partition coefficient (Wildman–Crippen LogP) is 4.47. The number of benzene rings is 2. The zero-order chi connectivity index (χ0) is 15.6. The number of nitrogens with zero attached hydrogens (tertiary/aromatic N) is 3. The third kappa shape index (κ3) is 2.66. The van der Waals surface area contributed by atoms with Crippen LogP contribution in [-0.4, -0.2) is 14.5 Å². The maximum Gasteiger partial charge on any atom is 0.229 e. The molecule has 0 saturated carbocycles. The maximum atomic E-state index is 4.67. The number of aryl methyl sites for hydroxylation is 1. The van der Waals surface area contributed by atoms with E-state index < -0.39 is 0 Å². The van der Waals surface area contributed by atoms with Crippen LogP contribution in [0.25, 0.3) is 16.7 Å². The molecule has 0 bridgehead atoms. The van der Waals surface area contributed by atoms with Crippen molar-refractivity contribution in [2.75, 3.05) is 5.32 Å². The summed E-state index contributed by atoms with van der Waals surface area (Å²) >= 11 is 0. The van der Waals surface area contributed by atoms with Gasteiger partial charge in [0.1, 0.15) is 5.65 Å². The highest BCUT2D eigenvalue weighted by atomic mass is 15.1. The minimum absolute atomic E-state index is 0.595. The zero-order valence-electron chi connectivity index (χ0n) is 12.8. The molecule has 0 unspecified atom stereocenters. The Balaban J connectivity index is 1.73. The number of rotatable bonds is 3. The van der Waals surface area contributed by atoms with E-state index in [9.17, 15) is 0 Å². The smallest absolute Gasteiger partial charge is 0.229 e. The van der Waals surface area contributed by atoms with Crippen molar-refractivity contribution >= 4 is 22.7 Å². The maximum absolute atomic E-state index is 4.67. The molecule has 23 heavy (non-hydrogen) atoms. The molecule has 0 aliphatic heterocycles. The molecule has 0 fully saturated rings. The first-order valence-corrected chi connectivity index (χ1v) is 7.53. The standard InChI is InChI=1S/C19H16N4/c1-14-7-9-16(10-8-14)21-19-20-13-15-11-12-23(18(15)22-19)17-5-3-2-4-6-17/h2-13H,1H3,(H,20,21,22). The number of aromatic nitrogens is 3. The van der Waals surface area contributed by atoms with Gasteiger partial charge in [-0.2, -0.15) is 4.98 Å². The average molecular weight is 300 g/mol. The Kier molecular flexibility index (Phi) is 3.27. The summed E-state index contributed by atoms with van der Waals surface area (Å²) in [5, 5.41) is 4.27. The minimum Gasteiger partial charge on any atom is -0.324 e. The van der Waals surface area contributed by atoms with Crippen molar-refractivity contribution in [1.82, 2.24) is 14.5 Å². The average Bonchev–Trinajstić information content (AvgIpc) is 3.01. The predicted molar refractivity (Wildman–Crippen MR) is 93.3 cm³/mol. The van der Waals surface area contributed by atoms with Gasteiger partial charge in [-0.05, 0) is 37.3 Å². The van der Waals surface area contributed by atoms with Crippen molar-refractivity contribution in [3.05, 3.63) is 78.6 Å². The summed E-state index contributed by atoms with van der Waals surface area (Å²) in [4.78, 5) is 9.07. The van der Waals surface area contributed by atoms with Gasteiger partial charge in [0.15, 0.2) is 0 Å². The largest absolute Gasteiger partial charge is 0.324 e. The number of para-hydroxylation sites is 1. The lowest BCUT2D eigenvalue weighted by Gasteiger charge is -2.07. The summed E-state index contributed by atoms with van der Waals surface area (Å²) in [6, 6.07) is 20.4. The molecule has 112 valence electrons. The molecule has 4 aromatic rings. The Morgan fingerprint density at radius 3 is 2.48 bits per heavy atom. The van der Waals surface area contributed by atoms with Crippen LogP contribution in [0.3, 0.4) is 0 Å². The van der Waals surface area contributed by atoms with Crippen LogP contribution in [0.15, 0.2) is 73.1 Å². The van der Waals surface area contributed by atoms with E-state index in [1.54, 1.807) is 0 Å². The summed E-state index contributed by atoms with van der Waals surface area (Å²) < 4.78 is 2.07. The van der Waals surface area contributed by atoms with Crippen LogP contribution in [0.2, 0.25) is 0 Å². The van der Waals surface area contributed by atoms with E-state index in [0.717, 1.165) is 22.4 Å². The first-order valence-electron chi connectivity index (χ1n) is 7.53. The van der Waals surface area contributed by atoms with Gasteiger partial charge in [-0.3, -0.25) is 0 Å². The second kappa shape index (κ2) is 5.57. The molecule has 0 amide bonds. The van der Waals surface area contributed by atoms with E-state index in [1.807, 2.05) is 48.8 Å². The van der Waals surface area contributed by atoms with Gasteiger partial charge in [0.2, 0.25) is 5.95 Å². The normalized spacial score (nSPS) is 10.8. The van der Waals surface area contributed by atoms with Crippen LogP contribution in [-0.2, 0) is 0 Å². The van der Waals surface area contributed by atoms with Gasteiger partial charge in [-0.1, -0.05) is 35.9 Å². The van der Waals surface area contributed by atoms with Crippen LogP contribution < -0.4 is 5.32 Å². The summed E-state index contributed by atoms with van der Waals surface area (Å²) in [5.41, 5.74) is 4.18. The SMILES string of the molecule is Cc1ccc(Nc2ncc3ccn(-c4ccccc4)c3n2)cc1. The van der Waals surface area contributed by atoms with Gasteiger partial charge in [0.25, 0.3) is 0 Å². The highest BCUT2D eigenvalue weighted by molar-refractivity contribution is 5.78. The second-order valence-corrected chi connectivity index (χ2v) is 5.48. The van der Waals surface area contributed by atoms with Gasteiger partial charge < -0.3 is 9.88 Å². The zero-order valence-corrected chi connectivity index (χ0v) is 12.8. The molecular weight excluding hydrogens is 284 g/mol. The summed E-state index contributed by atoms with van der Waals surface area (Å²) in [7, 11) is 0. The van der Waals surface area contributed by atoms with Crippen LogP contribution in [0, 0.1) is 6.92 Å². The summed E-state index contributed by atoms with van der Waals surface area (Å²) in [5.74, 6) is 0.595. The molecule has 2 aromatic carbocycles. The molecular formula is C19H16N4. The monoisotopic (exact) mass is 300 g/mol. The van der Waals surface area contributed by atoms with Gasteiger partial charge in [0.05, 0.1) is 0 Å². The Labute approximate surface area is 134 Å². The molecule has 4 rings (SSSR count). The van der Waals surface area contributed by atoms with E-state index in [-0.39, 0.29) is 0 Å². The van der Waals surface area contributed by atoms with E-state index >= 15 is 0 Å². The van der Waals surface area contributed by atoms with Crippen molar-refractivity contribution in [3.63, 3.8) is 0 Å². The lowest BCUT2D eigenvalue weighted by atomic mass is 10.2. The Morgan fingerprint density at radius 2 is 1.70 bits per heavy atom. The van der Waals surface area contributed by atoms with Crippen molar-refractivity contribution in [1.29, 1.82) is 0 Å². The highest BCUT2D eigenvalue weighted by Gasteiger charge is 2.07.